The van der Waals surface area contributed by atoms with Gasteiger partial charge in [0.2, 0.25) is 5.88 Å². The maximum atomic E-state index is 12.7. The summed E-state index contributed by atoms with van der Waals surface area (Å²) in [5, 5.41) is 5.84. The van der Waals surface area contributed by atoms with Gasteiger partial charge in [0, 0.05) is 17.4 Å². The number of hydrogen-bond acceptors (Lipinski definition) is 7. The predicted octanol–water partition coefficient (Wildman–Crippen LogP) is 4.25. The molecule has 1 heterocycles. The van der Waals surface area contributed by atoms with E-state index in [9.17, 15) is 13.2 Å². The van der Waals surface area contributed by atoms with E-state index in [0.29, 0.717) is 21.4 Å². The number of rotatable bonds is 7. The number of carbonyl (C=O) groups excluding carboxylic acids is 1. The van der Waals surface area contributed by atoms with Crippen molar-refractivity contribution in [2.45, 2.75) is 4.90 Å². The summed E-state index contributed by atoms with van der Waals surface area (Å²) in [7, 11) is -1.25. The Morgan fingerprint density at radius 2 is 1.53 bits per heavy atom. The van der Waals surface area contributed by atoms with Crippen LogP contribution in [0.15, 0.2) is 53.4 Å². The Labute approximate surface area is 193 Å². The summed E-state index contributed by atoms with van der Waals surface area (Å²) in [6.07, 6.45) is 0. The molecule has 0 atom stereocenters. The maximum Gasteiger partial charge on any atom is 0.323 e. The van der Waals surface area contributed by atoms with Gasteiger partial charge in [-0.15, -0.1) is 0 Å². The smallest absolute Gasteiger partial charge is 0.323 e. The minimum Gasteiger partial charge on any atom is -0.481 e. The standard InChI is InChI=1S/C19H17Cl2N5O5S/c1-30-17-10-16(24-19(25-17)31-2)26-32(28,29)13-6-3-11(4-7-13)22-18(27)23-12-5-8-14(20)15(21)9-12/h3-10H,1-2H3,(H2,22,23,27)(H,24,25,26). The van der Waals surface area contributed by atoms with Crippen molar-refractivity contribution < 1.29 is 22.7 Å². The second-order valence-corrected chi connectivity index (χ2v) is 8.62. The van der Waals surface area contributed by atoms with Crippen molar-refractivity contribution >= 4 is 56.4 Å². The fraction of sp³-hybridized carbons (Fsp3) is 0.105. The summed E-state index contributed by atoms with van der Waals surface area (Å²) >= 11 is 11.8. The van der Waals surface area contributed by atoms with Crippen LogP contribution in [-0.2, 0) is 10.0 Å². The van der Waals surface area contributed by atoms with Crippen molar-refractivity contribution in [1.82, 2.24) is 9.97 Å². The average molecular weight is 498 g/mol. The van der Waals surface area contributed by atoms with Crippen LogP contribution in [0.3, 0.4) is 0 Å². The molecule has 0 bridgehead atoms. The zero-order chi connectivity index (χ0) is 23.3. The van der Waals surface area contributed by atoms with Crippen LogP contribution in [0.5, 0.6) is 11.9 Å². The Morgan fingerprint density at radius 1 is 0.875 bits per heavy atom. The van der Waals surface area contributed by atoms with Gasteiger partial charge in [-0.2, -0.15) is 9.97 Å². The van der Waals surface area contributed by atoms with Crippen LogP contribution in [0.2, 0.25) is 10.0 Å². The molecule has 32 heavy (non-hydrogen) atoms. The van der Waals surface area contributed by atoms with E-state index in [1.165, 1.54) is 50.6 Å². The molecule has 2 aromatic carbocycles. The third-order valence-corrected chi connectivity index (χ3v) is 6.02. The number of sulfonamides is 1. The van der Waals surface area contributed by atoms with Gasteiger partial charge in [-0.1, -0.05) is 23.2 Å². The molecule has 0 aliphatic carbocycles. The van der Waals surface area contributed by atoms with Crippen molar-refractivity contribution in [3.05, 3.63) is 58.6 Å². The molecule has 0 saturated carbocycles. The first kappa shape index (κ1) is 23.4. The van der Waals surface area contributed by atoms with Crippen LogP contribution < -0.4 is 24.8 Å². The van der Waals surface area contributed by atoms with Crippen LogP contribution in [0, 0.1) is 0 Å². The van der Waals surface area contributed by atoms with Crippen LogP contribution in [0.25, 0.3) is 0 Å². The quantitative estimate of drug-likeness (QED) is 0.444. The summed E-state index contributed by atoms with van der Waals surface area (Å²) in [6, 6.07) is 10.9. The molecule has 168 valence electrons. The number of methoxy groups -OCH3 is 2. The first-order valence-corrected chi connectivity index (χ1v) is 11.1. The highest BCUT2D eigenvalue weighted by atomic mass is 35.5. The molecule has 0 fully saturated rings. The van der Waals surface area contributed by atoms with Crippen molar-refractivity contribution in [2.75, 3.05) is 29.6 Å². The lowest BCUT2D eigenvalue weighted by Crippen LogP contribution is -2.19. The van der Waals surface area contributed by atoms with E-state index in [0.717, 1.165) is 0 Å². The molecule has 0 radical (unpaired) electrons. The second-order valence-electron chi connectivity index (χ2n) is 6.12. The summed E-state index contributed by atoms with van der Waals surface area (Å²) in [5.41, 5.74) is 0.808. The molecule has 0 spiro atoms. The molecule has 1 aromatic heterocycles. The number of anilines is 3. The molecular formula is C19H17Cl2N5O5S. The molecule has 3 N–H and O–H groups in total. The zero-order valence-electron chi connectivity index (χ0n) is 16.7. The van der Waals surface area contributed by atoms with E-state index in [4.69, 9.17) is 32.7 Å². The molecule has 10 nitrogen and oxygen atoms in total. The predicted molar refractivity (Wildman–Crippen MR) is 121 cm³/mol. The molecule has 13 heteroatoms. The minimum absolute atomic E-state index is 0.0306. The number of benzene rings is 2. The van der Waals surface area contributed by atoms with E-state index < -0.39 is 16.1 Å². The highest BCUT2D eigenvalue weighted by Crippen LogP contribution is 2.25. The summed E-state index contributed by atoms with van der Waals surface area (Å²) in [4.78, 5) is 19.9. The minimum atomic E-state index is -3.97. The van der Waals surface area contributed by atoms with E-state index in [1.54, 1.807) is 12.1 Å². The van der Waals surface area contributed by atoms with Gasteiger partial charge < -0.3 is 20.1 Å². The van der Waals surface area contributed by atoms with Crippen LogP contribution in [0.4, 0.5) is 22.0 Å². The number of aromatic nitrogens is 2. The number of nitrogens with one attached hydrogen (secondary N) is 3. The van der Waals surface area contributed by atoms with Gasteiger partial charge >= 0.3 is 12.0 Å². The topological polar surface area (TPSA) is 132 Å². The third-order valence-electron chi connectivity index (χ3n) is 3.91. The van der Waals surface area contributed by atoms with E-state index in [-0.39, 0.29) is 22.6 Å². The van der Waals surface area contributed by atoms with Crippen LogP contribution in [0.1, 0.15) is 0 Å². The average Bonchev–Trinajstić information content (AvgIpc) is 2.76. The van der Waals surface area contributed by atoms with Gasteiger partial charge in [0.05, 0.1) is 29.2 Å². The van der Waals surface area contributed by atoms with E-state index >= 15 is 0 Å². The van der Waals surface area contributed by atoms with Gasteiger partial charge in [0.1, 0.15) is 0 Å². The van der Waals surface area contributed by atoms with E-state index in [2.05, 4.69) is 25.3 Å². The maximum absolute atomic E-state index is 12.7. The molecular weight excluding hydrogens is 481 g/mol. The fourth-order valence-corrected chi connectivity index (χ4v) is 3.72. The van der Waals surface area contributed by atoms with Crippen LogP contribution in [-0.4, -0.2) is 38.6 Å². The second kappa shape index (κ2) is 9.90. The molecule has 3 rings (SSSR count). The molecule has 0 saturated heterocycles. The van der Waals surface area contributed by atoms with Crippen molar-refractivity contribution in [2.24, 2.45) is 0 Å². The number of halogens is 2. The van der Waals surface area contributed by atoms with Gasteiger partial charge in [0.25, 0.3) is 10.0 Å². The largest absolute Gasteiger partial charge is 0.481 e. The first-order chi connectivity index (χ1) is 15.2. The number of ether oxygens (including phenoxy) is 2. The normalized spacial score (nSPS) is 10.9. The fourth-order valence-electron chi connectivity index (χ4n) is 2.43. The highest BCUT2D eigenvalue weighted by Gasteiger charge is 2.17. The molecule has 0 aliphatic rings. The Morgan fingerprint density at radius 3 is 2.16 bits per heavy atom. The molecule has 0 aliphatic heterocycles. The van der Waals surface area contributed by atoms with Crippen molar-refractivity contribution in [1.29, 1.82) is 0 Å². The van der Waals surface area contributed by atoms with Crippen molar-refractivity contribution in [3.63, 3.8) is 0 Å². The number of amides is 2. The zero-order valence-corrected chi connectivity index (χ0v) is 19.0. The number of nitrogens with zero attached hydrogens (tertiary/aromatic N) is 2. The van der Waals surface area contributed by atoms with Crippen LogP contribution >= 0.6 is 23.2 Å². The monoisotopic (exact) mass is 497 g/mol. The summed E-state index contributed by atoms with van der Waals surface area (Å²) in [6.45, 7) is 0. The Bertz CT molecular complexity index is 1220. The third kappa shape index (κ3) is 5.90. The lowest BCUT2D eigenvalue weighted by molar-refractivity contribution is 0.262. The molecule has 2 amide bonds. The Hall–Kier alpha value is -3.28. The molecule has 0 unspecified atom stereocenters. The highest BCUT2D eigenvalue weighted by molar-refractivity contribution is 7.92. The van der Waals surface area contributed by atoms with Gasteiger partial charge in [-0.3, -0.25) is 4.72 Å². The van der Waals surface area contributed by atoms with Gasteiger partial charge in [-0.05, 0) is 42.5 Å². The lowest BCUT2D eigenvalue weighted by atomic mass is 10.3. The number of hydrogen-bond donors (Lipinski definition) is 3. The SMILES string of the molecule is COc1cc(NS(=O)(=O)c2ccc(NC(=O)Nc3ccc(Cl)c(Cl)c3)cc2)nc(OC)n1. The van der Waals surface area contributed by atoms with Crippen molar-refractivity contribution in [3.8, 4) is 11.9 Å². The Kier molecular flexibility index (Phi) is 7.23. The Balaban J connectivity index is 1.69. The number of carbonyl (C=O) groups is 1. The van der Waals surface area contributed by atoms with Gasteiger partial charge in [0.15, 0.2) is 5.82 Å². The lowest BCUT2D eigenvalue weighted by Gasteiger charge is -2.11. The summed E-state index contributed by atoms with van der Waals surface area (Å²) in [5.74, 6) is 0.0963. The number of urea groups is 1. The molecule has 3 aromatic rings. The summed E-state index contributed by atoms with van der Waals surface area (Å²) < 4.78 is 37.6. The van der Waals surface area contributed by atoms with E-state index in [1.807, 2.05) is 0 Å². The van der Waals surface area contributed by atoms with Gasteiger partial charge in [-0.25, -0.2) is 13.2 Å². The first-order valence-electron chi connectivity index (χ1n) is 8.83.